The summed E-state index contributed by atoms with van der Waals surface area (Å²) in [7, 11) is 1.27. The molecule has 7 heteroatoms. The average Bonchev–Trinajstić information content (AvgIpc) is 2.96. The van der Waals surface area contributed by atoms with Gasteiger partial charge in [0.05, 0.1) is 7.11 Å². The quantitative estimate of drug-likeness (QED) is 0.580. The maximum absolute atomic E-state index is 13.4. The van der Waals surface area contributed by atoms with E-state index in [4.69, 9.17) is 16.3 Å². The van der Waals surface area contributed by atoms with Gasteiger partial charge >= 0.3 is 5.97 Å². The fraction of sp³-hybridized carbons (Fsp3) is 0.100. The van der Waals surface area contributed by atoms with Crippen molar-refractivity contribution in [2.45, 2.75) is 6.92 Å². The monoisotopic (exact) mass is 403 g/mol. The number of ether oxygens (including phenoxy) is 1. The first-order valence-electron chi connectivity index (χ1n) is 7.95. The number of halogens is 2. The summed E-state index contributed by atoms with van der Waals surface area (Å²) in [5.41, 5.74) is 1.78. The topological polar surface area (TPSA) is 55.4 Å². The van der Waals surface area contributed by atoms with Crippen LogP contribution < -0.4 is 5.32 Å². The minimum absolute atomic E-state index is 0.154. The van der Waals surface area contributed by atoms with Crippen molar-refractivity contribution < 1.29 is 18.7 Å². The number of anilines is 1. The Balaban J connectivity index is 2.07. The summed E-state index contributed by atoms with van der Waals surface area (Å²) >= 11 is 7.32. The van der Waals surface area contributed by atoms with E-state index in [0.717, 1.165) is 16.5 Å². The van der Waals surface area contributed by atoms with Crippen LogP contribution in [0.2, 0.25) is 5.02 Å². The number of rotatable bonds is 4. The highest BCUT2D eigenvalue weighted by atomic mass is 35.5. The van der Waals surface area contributed by atoms with Crippen molar-refractivity contribution in [3.63, 3.8) is 0 Å². The molecule has 138 valence electrons. The van der Waals surface area contributed by atoms with Crippen molar-refractivity contribution in [3.05, 3.63) is 75.4 Å². The molecule has 1 amide bonds. The lowest BCUT2D eigenvalue weighted by atomic mass is 10.0. The molecule has 0 aliphatic heterocycles. The molecule has 0 spiro atoms. The number of benzene rings is 2. The average molecular weight is 404 g/mol. The molecular formula is C20H15ClFNO3S. The Morgan fingerprint density at radius 1 is 1.15 bits per heavy atom. The summed E-state index contributed by atoms with van der Waals surface area (Å²) in [5.74, 6) is -1.61. The number of amides is 1. The molecule has 0 saturated heterocycles. The molecule has 0 aliphatic rings. The summed E-state index contributed by atoms with van der Waals surface area (Å²) < 4.78 is 18.3. The smallest absolute Gasteiger partial charge is 0.341 e. The van der Waals surface area contributed by atoms with Crippen LogP contribution in [0.15, 0.2) is 48.5 Å². The Kier molecular flexibility index (Phi) is 5.58. The number of nitrogens with one attached hydrogen (secondary N) is 1. The molecular weight excluding hydrogens is 389 g/mol. The van der Waals surface area contributed by atoms with Crippen LogP contribution in [0.4, 0.5) is 9.39 Å². The van der Waals surface area contributed by atoms with Crippen molar-refractivity contribution in [2.75, 3.05) is 12.4 Å². The van der Waals surface area contributed by atoms with Crippen molar-refractivity contribution in [1.82, 2.24) is 0 Å². The molecule has 1 heterocycles. The van der Waals surface area contributed by atoms with Crippen LogP contribution in [0, 0.1) is 12.7 Å². The zero-order valence-electron chi connectivity index (χ0n) is 14.5. The first kappa shape index (κ1) is 19.1. The number of carbonyl (C=O) groups is 2. The summed E-state index contributed by atoms with van der Waals surface area (Å²) in [6, 6.07) is 12.4. The summed E-state index contributed by atoms with van der Waals surface area (Å²) in [6.45, 7) is 1.84. The molecule has 0 bridgehead atoms. The van der Waals surface area contributed by atoms with Crippen LogP contribution in [0.5, 0.6) is 0 Å². The second-order valence-corrected chi connectivity index (χ2v) is 7.36. The minimum Gasteiger partial charge on any atom is -0.465 e. The molecule has 27 heavy (non-hydrogen) atoms. The molecule has 3 rings (SSSR count). The third kappa shape index (κ3) is 4.02. The Morgan fingerprint density at radius 3 is 2.56 bits per heavy atom. The van der Waals surface area contributed by atoms with Crippen molar-refractivity contribution in [3.8, 4) is 11.1 Å². The number of aryl methyl sites for hydroxylation is 1. The van der Waals surface area contributed by atoms with Crippen LogP contribution in [0.1, 0.15) is 25.6 Å². The molecule has 0 fully saturated rings. The van der Waals surface area contributed by atoms with E-state index in [0.29, 0.717) is 15.6 Å². The second-order valence-electron chi connectivity index (χ2n) is 5.70. The maximum atomic E-state index is 13.4. The Morgan fingerprint density at radius 2 is 1.89 bits per heavy atom. The van der Waals surface area contributed by atoms with E-state index in [-0.39, 0.29) is 11.1 Å². The van der Waals surface area contributed by atoms with Crippen molar-refractivity contribution in [1.29, 1.82) is 0 Å². The van der Waals surface area contributed by atoms with Gasteiger partial charge in [0.25, 0.3) is 5.91 Å². The van der Waals surface area contributed by atoms with Crippen LogP contribution in [-0.4, -0.2) is 19.0 Å². The molecule has 4 nitrogen and oxygen atoms in total. The van der Waals surface area contributed by atoms with E-state index < -0.39 is 17.7 Å². The fourth-order valence-corrected chi connectivity index (χ4v) is 3.98. The number of esters is 1. The second kappa shape index (κ2) is 7.90. The maximum Gasteiger partial charge on any atom is 0.341 e. The lowest BCUT2D eigenvalue weighted by Crippen LogP contribution is -2.14. The largest absolute Gasteiger partial charge is 0.465 e. The number of hydrogen-bond acceptors (Lipinski definition) is 4. The van der Waals surface area contributed by atoms with Crippen molar-refractivity contribution >= 4 is 39.8 Å². The molecule has 1 N–H and O–H groups in total. The lowest BCUT2D eigenvalue weighted by Gasteiger charge is -2.08. The van der Waals surface area contributed by atoms with E-state index in [1.54, 1.807) is 18.2 Å². The molecule has 0 aliphatic carbocycles. The van der Waals surface area contributed by atoms with Gasteiger partial charge in [-0.2, -0.15) is 0 Å². The summed E-state index contributed by atoms with van der Waals surface area (Å²) in [5, 5.41) is 3.56. The Hall–Kier alpha value is -2.70. The van der Waals surface area contributed by atoms with E-state index in [1.807, 2.05) is 13.0 Å². The molecule has 0 saturated carbocycles. The minimum atomic E-state index is -0.580. The van der Waals surface area contributed by atoms with Gasteiger partial charge in [0.15, 0.2) is 0 Å². The van der Waals surface area contributed by atoms with E-state index in [2.05, 4.69) is 5.32 Å². The molecule has 0 radical (unpaired) electrons. The third-order valence-electron chi connectivity index (χ3n) is 3.90. The Labute approximate surface area is 164 Å². The van der Waals surface area contributed by atoms with Crippen LogP contribution in [0.3, 0.4) is 0 Å². The van der Waals surface area contributed by atoms with Gasteiger partial charge in [0.2, 0.25) is 0 Å². The predicted molar refractivity (Wildman–Crippen MR) is 105 cm³/mol. The number of thiophene rings is 1. The van der Waals surface area contributed by atoms with Crippen LogP contribution in [-0.2, 0) is 4.74 Å². The lowest BCUT2D eigenvalue weighted by molar-refractivity contribution is 0.0603. The summed E-state index contributed by atoms with van der Waals surface area (Å²) in [6.07, 6.45) is 0. The van der Waals surface area contributed by atoms with Gasteiger partial charge in [-0.05, 0) is 42.8 Å². The third-order valence-corrected chi connectivity index (χ3v) is 5.16. The van der Waals surface area contributed by atoms with Gasteiger partial charge in [0.1, 0.15) is 16.4 Å². The van der Waals surface area contributed by atoms with Crippen molar-refractivity contribution in [2.24, 2.45) is 0 Å². The number of hydrogen-bond donors (Lipinski definition) is 1. The van der Waals surface area contributed by atoms with Gasteiger partial charge in [-0.25, -0.2) is 9.18 Å². The van der Waals surface area contributed by atoms with Gasteiger partial charge in [-0.1, -0.05) is 29.8 Å². The van der Waals surface area contributed by atoms with Gasteiger partial charge in [0, 0.05) is 21.0 Å². The SMILES string of the molecule is COC(=O)c1c(NC(=O)c2cccc(F)c2)sc(C)c1-c1cccc(Cl)c1. The normalized spacial score (nSPS) is 10.5. The molecule has 0 atom stereocenters. The first-order valence-corrected chi connectivity index (χ1v) is 9.14. The zero-order chi connectivity index (χ0) is 19.6. The predicted octanol–water partition coefficient (Wildman–Crippen LogP) is 5.55. The Bertz CT molecular complexity index is 1030. The highest BCUT2D eigenvalue weighted by molar-refractivity contribution is 7.17. The number of carbonyl (C=O) groups excluding carboxylic acids is 2. The molecule has 3 aromatic rings. The van der Waals surface area contributed by atoms with Gasteiger partial charge in [-0.15, -0.1) is 11.3 Å². The molecule has 1 aromatic heterocycles. The standard InChI is InChI=1S/C20H15ClFNO3S/c1-11-16(12-5-3-7-14(21)9-12)17(20(25)26-2)19(27-11)23-18(24)13-6-4-8-15(22)10-13/h3-10H,1-2H3,(H,23,24). The summed E-state index contributed by atoms with van der Waals surface area (Å²) in [4.78, 5) is 25.7. The van der Waals surface area contributed by atoms with E-state index in [1.165, 1.54) is 36.6 Å². The van der Waals surface area contributed by atoms with Gasteiger partial charge in [-0.3, -0.25) is 4.79 Å². The van der Waals surface area contributed by atoms with Gasteiger partial charge < -0.3 is 10.1 Å². The molecule has 2 aromatic carbocycles. The first-order chi connectivity index (χ1) is 12.9. The van der Waals surface area contributed by atoms with E-state index in [9.17, 15) is 14.0 Å². The molecule has 0 unspecified atom stereocenters. The zero-order valence-corrected chi connectivity index (χ0v) is 16.1. The van der Waals surface area contributed by atoms with E-state index >= 15 is 0 Å². The highest BCUT2D eigenvalue weighted by Crippen LogP contribution is 2.41. The van der Waals surface area contributed by atoms with Crippen LogP contribution in [0.25, 0.3) is 11.1 Å². The van der Waals surface area contributed by atoms with Crippen LogP contribution >= 0.6 is 22.9 Å². The highest BCUT2D eigenvalue weighted by Gasteiger charge is 2.25. The number of methoxy groups -OCH3 is 1. The fourth-order valence-electron chi connectivity index (χ4n) is 2.73.